The molecule has 11 heavy (non-hydrogen) atoms. The van der Waals surface area contributed by atoms with Gasteiger partial charge in [-0.25, -0.2) is 0 Å². The maximum absolute atomic E-state index is 5.77. The van der Waals surface area contributed by atoms with Gasteiger partial charge >= 0.3 is 0 Å². The van der Waals surface area contributed by atoms with Crippen molar-refractivity contribution in [1.82, 2.24) is 5.32 Å². The lowest BCUT2D eigenvalue weighted by Crippen LogP contribution is -2.28. The van der Waals surface area contributed by atoms with Crippen LogP contribution in [0.15, 0.2) is 12.2 Å². The van der Waals surface area contributed by atoms with E-state index in [0.717, 1.165) is 6.54 Å². The minimum absolute atomic E-state index is 0.207. The quantitative estimate of drug-likeness (QED) is 0.606. The second kappa shape index (κ2) is 3.37. The van der Waals surface area contributed by atoms with Crippen LogP contribution in [-0.2, 0) is 4.74 Å². The van der Waals surface area contributed by atoms with Crippen LogP contribution in [0.1, 0.15) is 25.7 Å². The Hall–Kier alpha value is -0.340. The maximum atomic E-state index is 5.77. The van der Waals surface area contributed by atoms with E-state index < -0.39 is 0 Å². The molecule has 0 radical (unpaired) electrons. The standard InChI is InChI=1S/C9H15NO/c1-2-5-8(4-1)11-9-6-3-7-10-9/h3,6,8-10H,1-2,4-5,7H2. The first kappa shape index (κ1) is 7.32. The first-order chi connectivity index (χ1) is 5.45. The van der Waals surface area contributed by atoms with E-state index in [-0.39, 0.29) is 6.23 Å². The second-order valence-corrected chi connectivity index (χ2v) is 3.30. The molecule has 0 bridgehead atoms. The minimum atomic E-state index is 0.207. The first-order valence-electron chi connectivity index (χ1n) is 4.51. The van der Waals surface area contributed by atoms with Gasteiger partial charge in [0.25, 0.3) is 0 Å². The summed E-state index contributed by atoms with van der Waals surface area (Å²) in [6, 6.07) is 0. The van der Waals surface area contributed by atoms with Crippen molar-refractivity contribution in [1.29, 1.82) is 0 Å². The third-order valence-corrected chi connectivity index (χ3v) is 2.39. The van der Waals surface area contributed by atoms with Gasteiger partial charge in [0, 0.05) is 6.54 Å². The molecule has 2 nitrogen and oxygen atoms in total. The zero-order chi connectivity index (χ0) is 7.52. The van der Waals surface area contributed by atoms with Crippen LogP contribution in [0, 0.1) is 0 Å². The van der Waals surface area contributed by atoms with Crippen molar-refractivity contribution in [3.63, 3.8) is 0 Å². The molecule has 1 N–H and O–H groups in total. The van der Waals surface area contributed by atoms with Crippen LogP contribution in [0.3, 0.4) is 0 Å². The Morgan fingerprint density at radius 1 is 1.27 bits per heavy atom. The number of rotatable bonds is 2. The molecule has 62 valence electrons. The number of hydrogen-bond donors (Lipinski definition) is 1. The van der Waals surface area contributed by atoms with Gasteiger partial charge in [-0.3, -0.25) is 5.32 Å². The Morgan fingerprint density at radius 2 is 2.09 bits per heavy atom. The van der Waals surface area contributed by atoms with E-state index in [1.807, 2.05) is 0 Å². The summed E-state index contributed by atoms with van der Waals surface area (Å²) in [4.78, 5) is 0. The molecule has 0 spiro atoms. The number of nitrogens with one attached hydrogen (secondary N) is 1. The van der Waals surface area contributed by atoms with Crippen molar-refractivity contribution in [2.75, 3.05) is 6.54 Å². The predicted molar refractivity (Wildman–Crippen MR) is 44.3 cm³/mol. The van der Waals surface area contributed by atoms with E-state index in [0.29, 0.717) is 6.10 Å². The third-order valence-electron chi connectivity index (χ3n) is 2.39. The molecule has 0 saturated heterocycles. The van der Waals surface area contributed by atoms with Gasteiger partial charge in [-0.1, -0.05) is 18.9 Å². The van der Waals surface area contributed by atoms with Crippen molar-refractivity contribution in [3.05, 3.63) is 12.2 Å². The summed E-state index contributed by atoms with van der Waals surface area (Å²) in [5.41, 5.74) is 0. The van der Waals surface area contributed by atoms with Crippen LogP contribution in [0.25, 0.3) is 0 Å². The van der Waals surface area contributed by atoms with Crippen LogP contribution in [-0.4, -0.2) is 18.9 Å². The topological polar surface area (TPSA) is 21.3 Å². The molecule has 0 aromatic heterocycles. The Balaban J connectivity index is 1.75. The van der Waals surface area contributed by atoms with E-state index in [1.165, 1.54) is 25.7 Å². The molecular weight excluding hydrogens is 138 g/mol. The first-order valence-corrected chi connectivity index (χ1v) is 4.51. The molecule has 1 aliphatic carbocycles. The lowest BCUT2D eigenvalue weighted by molar-refractivity contribution is 0.00659. The Labute approximate surface area is 67.6 Å². The molecule has 2 aliphatic rings. The van der Waals surface area contributed by atoms with Gasteiger partial charge in [-0.2, -0.15) is 0 Å². The van der Waals surface area contributed by atoms with Crippen molar-refractivity contribution < 1.29 is 4.74 Å². The van der Waals surface area contributed by atoms with Crippen LogP contribution in [0.2, 0.25) is 0 Å². The molecule has 2 rings (SSSR count). The number of hydrogen-bond acceptors (Lipinski definition) is 2. The van der Waals surface area contributed by atoms with Gasteiger partial charge in [0.2, 0.25) is 0 Å². The van der Waals surface area contributed by atoms with Gasteiger partial charge in [-0.15, -0.1) is 0 Å². The van der Waals surface area contributed by atoms with Crippen molar-refractivity contribution in [2.45, 2.75) is 38.0 Å². The van der Waals surface area contributed by atoms with E-state index in [1.54, 1.807) is 0 Å². The minimum Gasteiger partial charge on any atom is -0.356 e. The summed E-state index contributed by atoms with van der Waals surface area (Å²) in [5.74, 6) is 0. The molecule has 1 saturated carbocycles. The van der Waals surface area contributed by atoms with E-state index in [4.69, 9.17) is 4.74 Å². The van der Waals surface area contributed by atoms with Crippen LogP contribution >= 0.6 is 0 Å². The summed E-state index contributed by atoms with van der Waals surface area (Å²) < 4.78 is 5.77. The fourth-order valence-corrected chi connectivity index (χ4v) is 1.77. The zero-order valence-corrected chi connectivity index (χ0v) is 6.75. The smallest absolute Gasteiger partial charge is 0.127 e. The van der Waals surface area contributed by atoms with Crippen LogP contribution < -0.4 is 5.32 Å². The molecule has 1 aliphatic heterocycles. The molecule has 0 amide bonds. The maximum Gasteiger partial charge on any atom is 0.127 e. The van der Waals surface area contributed by atoms with Gasteiger partial charge < -0.3 is 4.74 Å². The van der Waals surface area contributed by atoms with Crippen molar-refractivity contribution in [3.8, 4) is 0 Å². The normalized spacial score (nSPS) is 31.8. The van der Waals surface area contributed by atoms with Gasteiger partial charge in [0.05, 0.1) is 6.10 Å². The summed E-state index contributed by atoms with van der Waals surface area (Å²) in [6.07, 6.45) is 10.2. The van der Waals surface area contributed by atoms with Gasteiger partial charge in [0.1, 0.15) is 6.23 Å². The van der Waals surface area contributed by atoms with E-state index >= 15 is 0 Å². The molecule has 1 unspecified atom stereocenters. The Kier molecular flexibility index (Phi) is 2.24. The molecular formula is C9H15NO. The zero-order valence-electron chi connectivity index (χ0n) is 6.75. The van der Waals surface area contributed by atoms with Gasteiger partial charge in [0.15, 0.2) is 0 Å². The summed E-state index contributed by atoms with van der Waals surface area (Å²) in [6.45, 7) is 0.970. The lowest BCUT2D eigenvalue weighted by Gasteiger charge is -2.16. The lowest BCUT2D eigenvalue weighted by atomic mass is 10.3. The molecule has 2 heteroatoms. The Bertz CT molecular complexity index is 150. The average molecular weight is 153 g/mol. The van der Waals surface area contributed by atoms with E-state index in [9.17, 15) is 0 Å². The molecule has 1 atom stereocenters. The highest BCUT2D eigenvalue weighted by Crippen LogP contribution is 2.22. The van der Waals surface area contributed by atoms with Crippen LogP contribution in [0.5, 0.6) is 0 Å². The van der Waals surface area contributed by atoms with Crippen molar-refractivity contribution >= 4 is 0 Å². The molecule has 0 aromatic carbocycles. The summed E-state index contributed by atoms with van der Waals surface area (Å²) >= 11 is 0. The highest BCUT2D eigenvalue weighted by atomic mass is 16.5. The SMILES string of the molecule is C1=CC(OC2CCCC2)NC1. The summed E-state index contributed by atoms with van der Waals surface area (Å²) in [7, 11) is 0. The summed E-state index contributed by atoms with van der Waals surface area (Å²) in [5, 5.41) is 3.25. The highest BCUT2D eigenvalue weighted by molar-refractivity contribution is 4.97. The third kappa shape index (κ3) is 1.82. The van der Waals surface area contributed by atoms with Crippen LogP contribution in [0.4, 0.5) is 0 Å². The fraction of sp³-hybridized carbons (Fsp3) is 0.778. The largest absolute Gasteiger partial charge is 0.356 e. The number of ether oxygens (including phenoxy) is 1. The van der Waals surface area contributed by atoms with E-state index in [2.05, 4.69) is 17.5 Å². The molecule has 1 heterocycles. The van der Waals surface area contributed by atoms with Crippen molar-refractivity contribution in [2.24, 2.45) is 0 Å². The average Bonchev–Trinajstić information content (AvgIpc) is 2.60. The second-order valence-electron chi connectivity index (χ2n) is 3.30. The fourth-order valence-electron chi connectivity index (χ4n) is 1.77. The monoisotopic (exact) mass is 153 g/mol. The Morgan fingerprint density at radius 3 is 2.73 bits per heavy atom. The predicted octanol–water partition coefficient (Wildman–Crippen LogP) is 1.43. The van der Waals surface area contributed by atoms with Gasteiger partial charge in [-0.05, 0) is 18.9 Å². The molecule has 1 fully saturated rings. The highest BCUT2D eigenvalue weighted by Gasteiger charge is 2.19. The molecule has 0 aromatic rings.